The summed E-state index contributed by atoms with van der Waals surface area (Å²) in [5.74, 6) is -0.840. The molecule has 0 saturated carbocycles. The summed E-state index contributed by atoms with van der Waals surface area (Å²) < 4.78 is 0. The van der Waals surface area contributed by atoms with E-state index in [0.29, 0.717) is 11.6 Å². The molecule has 0 spiro atoms. The van der Waals surface area contributed by atoms with E-state index < -0.39 is 5.97 Å². The molecule has 0 radical (unpaired) electrons. The van der Waals surface area contributed by atoms with Gasteiger partial charge in [-0.1, -0.05) is 6.07 Å². The average Bonchev–Trinajstić information content (AvgIpc) is 2.43. The lowest BCUT2D eigenvalue weighted by Gasteiger charge is -2.02. The molecule has 68 valence electrons. The van der Waals surface area contributed by atoms with Crippen LogP contribution in [0, 0.1) is 0 Å². The van der Waals surface area contributed by atoms with Crippen LogP contribution in [-0.4, -0.2) is 17.1 Å². The van der Waals surface area contributed by atoms with E-state index in [4.69, 9.17) is 5.11 Å². The fourth-order valence-electron chi connectivity index (χ4n) is 1.77. The summed E-state index contributed by atoms with van der Waals surface area (Å²) in [4.78, 5) is 10.8. The first-order valence-electron chi connectivity index (χ1n) is 4.30. The van der Waals surface area contributed by atoms with Gasteiger partial charge in [0.05, 0.1) is 5.56 Å². The van der Waals surface area contributed by atoms with Crippen LogP contribution in [0.5, 0.6) is 0 Å². The summed E-state index contributed by atoms with van der Waals surface area (Å²) in [5.41, 5.74) is 2.32. The second-order valence-electron chi connectivity index (χ2n) is 3.39. The zero-order chi connectivity index (χ0) is 9.42. The number of benzene rings is 1. The Morgan fingerprint density at radius 3 is 3.08 bits per heavy atom. The number of carbonyl (C=O) groups is 1. The van der Waals surface area contributed by atoms with Gasteiger partial charge in [-0.05, 0) is 31.0 Å². The highest BCUT2D eigenvalue weighted by Crippen LogP contribution is 2.28. The Morgan fingerprint density at radius 1 is 1.62 bits per heavy atom. The van der Waals surface area contributed by atoms with E-state index in [1.54, 1.807) is 12.1 Å². The third-order valence-electron chi connectivity index (χ3n) is 2.32. The summed E-state index contributed by atoms with van der Waals surface area (Å²) >= 11 is 0. The molecule has 0 fully saturated rings. The molecule has 0 bridgehead atoms. The largest absolute Gasteiger partial charge is 0.478 e. The van der Waals surface area contributed by atoms with Crippen molar-refractivity contribution >= 4 is 11.7 Å². The van der Waals surface area contributed by atoms with Gasteiger partial charge in [-0.3, -0.25) is 0 Å². The van der Waals surface area contributed by atoms with Gasteiger partial charge in [0.1, 0.15) is 0 Å². The number of hydrogen-bond donors (Lipinski definition) is 2. The Hall–Kier alpha value is -1.51. The van der Waals surface area contributed by atoms with Crippen LogP contribution in [0.15, 0.2) is 18.2 Å². The maximum atomic E-state index is 10.8. The molecule has 1 atom stereocenters. The summed E-state index contributed by atoms with van der Waals surface area (Å²) in [7, 11) is 0. The van der Waals surface area contributed by atoms with Crippen LogP contribution < -0.4 is 5.32 Å². The molecule has 1 aliphatic heterocycles. The molecule has 1 aliphatic rings. The molecule has 3 heteroatoms. The van der Waals surface area contributed by atoms with E-state index in [1.165, 1.54) is 0 Å². The molecule has 0 aromatic heterocycles. The normalized spacial score (nSPS) is 19.3. The first kappa shape index (κ1) is 8.10. The lowest BCUT2D eigenvalue weighted by Crippen LogP contribution is -2.08. The molecule has 1 aromatic carbocycles. The summed E-state index contributed by atoms with van der Waals surface area (Å²) in [6.07, 6.45) is 0.803. The molecule has 0 unspecified atom stereocenters. The van der Waals surface area contributed by atoms with E-state index in [-0.39, 0.29) is 0 Å². The maximum absolute atomic E-state index is 10.8. The average molecular weight is 177 g/mol. The summed E-state index contributed by atoms with van der Waals surface area (Å²) in [6.45, 7) is 2.05. The highest BCUT2D eigenvalue weighted by Gasteiger charge is 2.21. The summed E-state index contributed by atoms with van der Waals surface area (Å²) in [6, 6.07) is 5.69. The van der Waals surface area contributed by atoms with Crippen LogP contribution in [0.2, 0.25) is 0 Å². The lowest BCUT2D eigenvalue weighted by atomic mass is 10.0. The van der Waals surface area contributed by atoms with Crippen molar-refractivity contribution in [3.63, 3.8) is 0 Å². The van der Waals surface area contributed by atoms with Crippen LogP contribution in [0.25, 0.3) is 0 Å². The fourth-order valence-corrected chi connectivity index (χ4v) is 1.77. The molecule has 2 rings (SSSR count). The third-order valence-corrected chi connectivity index (χ3v) is 2.32. The Bertz CT molecular complexity index is 360. The van der Waals surface area contributed by atoms with Crippen LogP contribution in [0.4, 0.5) is 5.69 Å². The Balaban J connectivity index is 2.51. The van der Waals surface area contributed by atoms with Gasteiger partial charge in [0.25, 0.3) is 0 Å². The van der Waals surface area contributed by atoms with Crippen LogP contribution >= 0.6 is 0 Å². The van der Waals surface area contributed by atoms with Crippen molar-refractivity contribution in [2.45, 2.75) is 19.4 Å². The van der Waals surface area contributed by atoms with Crippen molar-refractivity contribution in [3.8, 4) is 0 Å². The van der Waals surface area contributed by atoms with Gasteiger partial charge < -0.3 is 10.4 Å². The fraction of sp³-hybridized carbons (Fsp3) is 0.300. The minimum absolute atomic E-state index is 0.343. The zero-order valence-corrected chi connectivity index (χ0v) is 7.37. The van der Waals surface area contributed by atoms with Gasteiger partial charge in [-0.15, -0.1) is 0 Å². The Labute approximate surface area is 76.4 Å². The van der Waals surface area contributed by atoms with Crippen molar-refractivity contribution in [1.29, 1.82) is 0 Å². The SMILES string of the molecule is C[C@H]1Cc2c(cccc2C(=O)O)N1. The minimum atomic E-state index is -0.840. The van der Waals surface area contributed by atoms with Gasteiger partial charge >= 0.3 is 5.97 Å². The van der Waals surface area contributed by atoms with Crippen molar-refractivity contribution < 1.29 is 9.90 Å². The number of aromatic carboxylic acids is 1. The second kappa shape index (κ2) is 2.76. The monoisotopic (exact) mass is 177 g/mol. The topological polar surface area (TPSA) is 49.3 Å². The lowest BCUT2D eigenvalue weighted by molar-refractivity contribution is 0.0696. The number of hydrogen-bond acceptors (Lipinski definition) is 2. The highest BCUT2D eigenvalue weighted by molar-refractivity contribution is 5.92. The van der Waals surface area contributed by atoms with Crippen LogP contribution in [-0.2, 0) is 6.42 Å². The number of rotatable bonds is 1. The van der Waals surface area contributed by atoms with E-state index in [1.807, 2.05) is 13.0 Å². The highest BCUT2D eigenvalue weighted by atomic mass is 16.4. The van der Waals surface area contributed by atoms with Gasteiger partial charge in [-0.2, -0.15) is 0 Å². The number of carboxylic acids is 1. The number of fused-ring (bicyclic) bond motifs is 1. The van der Waals surface area contributed by atoms with Gasteiger partial charge in [0.2, 0.25) is 0 Å². The first-order valence-corrected chi connectivity index (χ1v) is 4.30. The zero-order valence-electron chi connectivity index (χ0n) is 7.37. The molecule has 1 heterocycles. The van der Waals surface area contributed by atoms with Crippen molar-refractivity contribution in [2.75, 3.05) is 5.32 Å². The molecular weight excluding hydrogens is 166 g/mol. The third kappa shape index (κ3) is 1.26. The van der Waals surface area contributed by atoms with Gasteiger partial charge in [0.15, 0.2) is 0 Å². The van der Waals surface area contributed by atoms with Crippen molar-refractivity contribution in [1.82, 2.24) is 0 Å². The van der Waals surface area contributed by atoms with E-state index >= 15 is 0 Å². The molecule has 0 amide bonds. The molecule has 2 N–H and O–H groups in total. The molecule has 0 aliphatic carbocycles. The molecule has 13 heavy (non-hydrogen) atoms. The van der Waals surface area contributed by atoms with E-state index in [0.717, 1.165) is 17.7 Å². The molecule has 1 aromatic rings. The van der Waals surface area contributed by atoms with E-state index in [9.17, 15) is 4.79 Å². The van der Waals surface area contributed by atoms with E-state index in [2.05, 4.69) is 5.32 Å². The molecular formula is C10H11NO2. The quantitative estimate of drug-likeness (QED) is 0.687. The van der Waals surface area contributed by atoms with Crippen molar-refractivity contribution in [2.24, 2.45) is 0 Å². The smallest absolute Gasteiger partial charge is 0.336 e. The number of carboxylic acid groups (broad SMARTS) is 1. The van der Waals surface area contributed by atoms with Crippen LogP contribution in [0.3, 0.4) is 0 Å². The van der Waals surface area contributed by atoms with Crippen molar-refractivity contribution in [3.05, 3.63) is 29.3 Å². The maximum Gasteiger partial charge on any atom is 0.336 e. The summed E-state index contributed by atoms with van der Waals surface area (Å²) in [5, 5.41) is 12.1. The standard InChI is InChI=1S/C10H11NO2/c1-6-5-8-7(10(12)13)3-2-4-9(8)11-6/h2-4,6,11H,5H2,1H3,(H,12,13)/t6-/m0/s1. The molecule has 0 saturated heterocycles. The van der Waals surface area contributed by atoms with Crippen LogP contribution in [0.1, 0.15) is 22.8 Å². The predicted molar refractivity (Wildman–Crippen MR) is 50.2 cm³/mol. The first-order chi connectivity index (χ1) is 6.18. The van der Waals surface area contributed by atoms with Gasteiger partial charge in [0, 0.05) is 11.7 Å². The predicted octanol–water partition coefficient (Wildman–Crippen LogP) is 1.74. The second-order valence-corrected chi connectivity index (χ2v) is 3.39. The Kier molecular flexibility index (Phi) is 1.72. The Morgan fingerprint density at radius 2 is 2.38 bits per heavy atom. The minimum Gasteiger partial charge on any atom is -0.478 e. The number of anilines is 1. The molecule has 3 nitrogen and oxygen atoms in total. The van der Waals surface area contributed by atoms with Gasteiger partial charge in [-0.25, -0.2) is 4.79 Å². The number of nitrogens with one attached hydrogen (secondary N) is 1.